The summed E-state index contributed by atoms with van der Waals surface area (Å²) in [4.78, 5) is 28.2. The summed E-state index contributed by atoms with van der Waals surface area (Å²) in [6.07, 6.45) is 1.48. The third-order valence-electron chi connectivity index (χ3n) is 4.19. The number of amides is 2. The minimum Gasteiger partial charge on any atom is -0.459 e. The molecule has 140 valence electrons. The van der Waals surface area contributed by atoms with Crippen LogP contribution in [0.2, 0.25) is 0 Å². The highest BCUT2D eigenvalue weighted by molar-refractivity contribution is 5.91. The lowest BCUT2D eigenvalue weighted by atomic mass is 10.3. The van der Waals surface area contributed by atoms with Gasteiger partial charge in [0.1, 0.15) is 5.76 Å². The smallest absolute Gasteiger partial charge is 0.287 e. The van der Waals surface area contributed by atoms with Crippen LogP contribution in [0.5, 0.6) is 0 Å². The topological polar surface area (TPSA) is 104 Å². The number of rotatable bonds is 7. The van der Waals surface area contributed by atoms with Gasteiger partial charge in [0.25, 0.3) is 5.91 Å². The molecular weight excluding hydrogens is 338 g/mol. The van der Waals surface area contributed by atoms with Crippen molar-refractivity contribution < 1.29 is 18.5 Å². The largest absolute Gasteiger partial charge is 0.459 e. The van der Waals surface area contributed by atoms with E-state index >= 15 is 0 Å². The molecule has 2 aromatic heterocycles. The number of aromatic nitrogens is 1. The fourth-order valence-corrected chi connectivity index (χ4v) is 2.80. The minimum absolute atomic E-state index is 0.0996. The molecule has 9 nitrogen and oxygen atoms in total. The fourth-order valence-electron chi connectivity index (χ4n) is 2.80. The molecule has 3 rings (SSSR count). The molecule has 2 aromatic rings. The van der Waals surface area contributed by atoms with Crippen LogP contribution in [-0.4, -0.2) is 72.6 Å². The quantitative estimate of drug-likeness (QED) is 0.743. The molecule has 0 bridgehead atoms. The van der Waals surface area contributed by atoms with Gasteiger partial charge in [-0.1, -0.05) is 5.16 Å². The van der Waals surface area contributed by atoms with Gasteiger partial charge in [0.05, 0.1) is 12.8 Å². The second kappa shape index (κ2) is 8.63. The van der Waals surface area contributed by atoms with E-state index in [2.05, 4.69) is 25.6 Å². The molecule has 0 unspecified atom stereocenters. The third-order valence-corrected chi connectivity index (χ3v) is 4.19. The summed E-state index contributed by atoms with van der Waals surface area (Å²) in [6, 6.07) is 5.01. The van der Waals surface area contributed by atoms with Gasteiger partial charge in [-0.15, -0.1) is 0 Å². The number of nitrogens with zero attached hydrogens (tertiary/aromatic N) is 3. The summed E-state index contributed by atoms with van der Waals surface area (Å²) >= 11 is 0. The summed E-state index contributed by atoms with van der Waals surface area (Å²) in [6.45, 7) is 6.75. The van der Waals surface area contributed by atoms with Crippen LogP contribution >= 0.6 is 0 Å². The summed E-state index contributed by atoms with van der Waals surface area (Å²) in [7, 11) is 0. The van der Waals surface area contributed by atoms with Gasteiger partial charge in [-0.05, 0) is 19.1 Å². The molecule has 0 radical (unpaired) electrons. The Bertz CT molecular complexity index is 719. The molecular formula is C17H23N5O4. The number of nitrogens with one attached hydrogen (secondary N) is 2. The lowest BCUT2D eigenvalue weighted by molar-refractivity contribution is -0.117. The monoisotopic (exact) mass is 361 g/mol. The summed E-state index contributed by atoms with van der Waals surface area (Å²) in [5.74, 6) is 1.13. The maximum atomic E-state index is 12.0. The Kier molecular flexibility index (Phi) is 6.03. The van der Waals surface area contributed by atoms with E-state index in [4.69, 9.17) is 8.94 Å². The zero-order valence-electron chi connectivity index (χ0n) is 14.7. The Morgan fingerprint density at radius 2 is 2.00 bits per heavy atom. The van der Waals surface area contributed by atoms with Gasteiger partial charge in [-0.25, -0.2) is 0 Å². The van der Waals surface area contributed by atoms with E-state index in [1.165, 1.54) is 6.26 Å². The molecule has 2 amide bonds. The van der Waals surface area contributed by atoms with E-state index in [1.807, 2.05) is 0 Å². The van der Waals surface area contributed by atoms with Gasteiger partial charge in [0, 0.05) is 45.3 Å². The number of hydrogen-bond acceptors (Lipinski definition) is 7. The molecule has 0 spiro atoms. The molecule has 1 aliphatic heterocycles. The van der Waals surface area contributed by atoms with E-state index in [0.717, 1.165) is 32.7 Å². The Morgan fingerprint density at radius 1 is 1.23 bits per heavy atom. The first-order valence-corrected chi connectivity index (χ1v) is 8.60. The molecule has 1 fully saturated rings. The number of carbonyl (C=O) groups is 2. The standard InChI is InChI=1S/C17H23N5O4/c1-13-11-15(20-26-13)19-16(23)12-22-8-6-21(7-9-22)5-4-18-17(24)14-3-2-10-25-14/h2-3,10-11H,4-9,12H2,1H3,(H,18,24)(H,19,20,23). The molecule has 1 saturated heterocycles. The zero-order chi connectivity index (χ0) is 18.4. The first kappa shape index (κ1) is 18.2. The summed E-state index contributed by atoms with van der Waals surface area (Å²) in [5, 5.41) is 9.32. The predicted molar refractivity (Wildman–Crippen MR) is 93.8 cm³/mol. The molecule has 2 N–H and O–H groups in total. The Labute approximate surface area is 151 Å². The maximum Gasteiger partial charge on any atom is 0.287 e. The van der Waals surface area contributed by atoms with Crippen LogP contribution in [0.3, 0.4) is 0 Å². The average Bonchev–Trinajstić information content (AvgIpc) is 3.28. The second-order valence-electron chi connectivity index (χ2n) is 6.22. The first-order valence-electron chi connectivity index (χ1n) is 8.60. The molecule has 0 atom stereocenters. The lowest BCUT2D eigenvalue weighted by Gasteiger charge is -2.34. The van der Waals surface area contributed by atoms with Crippen molar-refractivity contribution in [2.75, 3.05) is 51.1 Å². The number of piperazine rings is 1. The zero-order valence-corrected chi connectivity index (χ0v) is 14.7. The highest BCUT2D eigenvalue weighted by atomic mass is 16.5. The van der Waals surface area contributed by atoms with Crippen molar-refractivity contribution in [3.63, 3.8) is 0 Å². The second-order valence-corrected chi connectivity index (χ2v) is 6.22. The van der Waals surface area contributed by atoms with Gasteiger partial charge < -0.3 is 19.6 Å². The molecule has 0 aliphatic carbocycles. The lowest BCUT2D eigenvalue weighted by Crippen LogP contribution is -2.50. The van der Waals surface area contributed by atoms with Crippen LogP contribution in [0.25, 0.3) is 0 Å². The molecule has 26 heavy (non-hydrogen) atoms. The van der Waals surface area contributed by atoms with Crippen LogP contribution in [0.1, 0.15) is 16.3 Å². The minimum atomic E-state index is -0.201. The van der Waals surface area contributed by atoms with Crippen LogP contribution in [0, 0.1) is 6.92 Å². The maximum absolute atomic E-state index is 12.0. The van der Waals surface area contributed by atoms with Crippen molar-refractivity contribution in [3.05, 3.63) is 36.0 Å². The van der Waals surface area contributed by atoms with Gasteiger partial charge in [0.2, 0.25) is 5.91 Å². The van der Waals surface area contributed by atoms with Crippen LogP contribution in [0.15, 0.2) is 33.4 Å². The summed E-state index contributed by atoms with van der Waals surface area (Å²) < 4.78 is 9.98. The average molecular weight is 361 g/mol. The van der Waals surface area contributed by atoms with Crippen LogP contribution in [-0.2, 0) is 4.79 Å². The first-order chi connectivity index (χ1) is 12.6. The van der Waals surface area contributed by atoms with Gasteiger partial charge in [0.15, 0.2) is 11.6 Å². The van der Waals surface area contributed by atoms with Crippen LogP contribution in [0.4, 0.5) is 5.82 Å². The fraction of sp³-hybridized carbons (Fsp3) is 0.471. The Hall–Kier alpha value is -2.65. The van der Waals surface area contributed by atoms with Crippen molar-refractivity contribution in [3.8, 4) is 0 Å². The molecule has 0 saturated carbocycles. The van der Waals surface area contributed by atoms with E-state index < -0.39 is 0 Å². The van der Waals surface area contributed by atoms with Gasteiger partial charge in [-0.3, -0.25) is 19.4 Å². The SMILES string of the molecule is Cc1cc(NC(=O)CN2CCN(CCNC(=O)c3ccco3)CC2)no1. The number of hydrogen-bond donors (Lipinski definition) is 2. The van der Waals surface area contributed by atoms with Crippen molar-refractivity contribution in [2.45, 2.75) is 6.92 Å². The van der Waals surface area contributed by atoms with Crippen molar-refractivity contribution in [2.24, 2.45) is 0 Å². The van der Waals surface area contributed by atoms with Crippen LogP contribution < -0.4 is 10.6 Å². The molecule has 0 aromatic carbocycles. The Balaban J connectivity index is 1.31. The van der Waals surface area contributed by atoms with Gasteiger partial charge >= 0.3 is 0 Å². The Morgan fingerprint density at radius 3 is 2.65 bits per heavy atom. The van der Waals surface area contributed by atoms with Crippen molar-refractivity contribution in [1.82, 2.24) is 20.3 Å². The highest BCUT2D eigenvalue weighted by Crippen LogP contribution is 2.07. The number of carbonyl (C=O) groups excluding carboxylic acids is 2. The molecule has 9 heteroatoms. The van der Waals surface area contributed by atoms with E-state index in [0.29, 0.717) is 30.4 Å². The van der Waals surface area contributed by atoms with E-state index in [-0.39, 0.29) is 11.8 Å². The third kappa shape index (κ3) is 5.17. The number of aryl methyl sites for hydroxylation is 1. The van der Waals surface area contributed by atoms with Crippen molar-refractivity contribution in [1.29, 1.82) is 0 Å². The highest BCUT2D eigenvalue weighted by Gasteiger charge is 2.19. The molecule has 1 aliphatic rings. The van der Waals surface area contributed by atoms with Gasteiger partial charge in [-0.2, -0.15) is 0 Å². The number of anilines is 1. The summed E-state index contributed by atoms with van der Waals surface area (Å²) in [5.41, 5.74) is 0. The number of furan rings is 1. The molecule has 3 heterocycles. The van der Waals surface area contributed by atoms with E-state index in [1.54, 1.807) is 25.1 Å². The normalized spacial score (nSPS) is 15.7. The van der Waals surface area contributed by atoms with E-state index in [9.17, 15) is 9.59 Å². The van der Waals surface area contributed by atoms with Crippen molar-refractivity contribution >= 4 is 17.6 Å². The predicted octanol–water partition coefficient (Wildman–Crippen LogP) is 0.562.